The molecule has 0 heterocycles. The molecule has 1 aromatic carbocycles. The van der Waals surface area contributed by atoms with Crippen molar-refractivity contribution in [1.82, 2.24) is 0 Å². The molecule has 3 nitrogen and oxygen atoms in total. The Morgan fingerprint density at radius 1 is 1.00 bits per heavy atom. The minimum atomic E-state index is -0.188. The van der Waals surface area contributed by atoms with Crippen LogP contribution in [0.3, 0.4) is 0 Å². The second-order valence-corrected chi connectivity index (χ2v) is 14.0. The average Bonchev–Trinajstić information content (AvgIpc) is 3.24. The number of esters is 1. The third kappa shape index (κ3) is 4.95. The molecule has 3 saturated carbocycles. The van der Waals surface area contributed by atoms with Gasteiger partial charge in [0.2, 0.25) is 0 Å². The Labute approximate surface area is 225 Å². The zero-order valence-corrected chi connectivity index (χ0v) is 23.9. The second kappa shape index (κ2) is 10.5. The second-order valence-electron chi connectivity index (χ2n) is 14.0. The van der Waals surface area contributed by atoms with Crippen LogP contribution in [0, 0.1) is 46.3 Å². The topological polar surface area (TPSA) is 46.5 Å². The van der Waals surface area contributed by atoms with E-state index in [1.807, 2.05) is 30.3 Å². The van der Waals surface area contributed by atoms with Gasteiger partial charge in [-0.3, -0.25) is 0 Å². The van der Waals surface area contributed by atoms with Crippen LogP contribution in [0.25, 0.3) is 0 Å². The lowest BCUT2D eigenvalue weighted by Crippen LogP contribution is -2.50. The molecule has 1 aromatic rings. The van der Waals surface area contributed by atoms with Crippen LogP contribution in [0.4, 0.5) is 0 Å². The van der Waals surface area contributed by atoms with Crippen molar-refractivity contribution in [3.63, 3.8) is 0 Å². The molecule has 3 heteroatoms. The van der Waals surface area contributed by atoms with Gasteiger partial charge in [0, 0.05) is 0 Å². The lowest BCUT2D eigenvalue weighted by molar-refractivity contribution is -0.0582. The molecule has 0 radical (unpaired) electrons. The highest BCUT2D eigenvalue weighted by Crippen LogP contribution is 2.67. The fourth-order valence-corrected chi connectivity index (χ4v) is 9.55. The summed E-state index contributed by atoms with van der Waals surface area (Å²) < 4.78 is 6.02. The first-order valence-corrected chi connectivity index (χ1v) is 15.3. The molecular formula is C34H50O3. The summed E-state index contributed by atoms with van der Waals surface area (Å²) >= 11 is 0. The maximum absolute atomic E-state index is 12.7. The van der Waals surface area contributed by atoms with Crippen LogP contribution < -0.4 is 0 Å². The van der Waals surface area contributed by atoms with Crippen LogP contribution in [0.15, 0.2) is 42.0 Å². The summed E-state index contributed by atoms with van der Waals surface area (Å²) in [7, 11) is 0. The Balaban J connectivity index is 1.23. The molecule has 0 aliphatic heterocycles. The van der Waals surface area contributed by atoms with Gasteiger partial charge in [-0.15, -0.1) is 0 Å². The Morgan fingerprint density at radius 3 is 2.49 bits per heavy atom. The number of benzene rings is 1. The van der Waals surface area contributed by atoms with Crippen molar-refractivity contribution in [3.8, 4) is 0 Å². The van der Waals surface area contributed by atoms with Crippen LogP contribution in [-0.2, 0) is 4.74 Å². The Kier molecular flexibility index (Phi) is 7.66. The predicted molar refractivity (Wildman–Crippen MR) is 150 cm³/mol. The fraction of sp³-hybridized carbons (Fsp3) is 0.735. The first-order chi connectivity index (χ1) is 17.6. The molecule has 204 valence electrons. The van der Waals surface area contributed by atoms with Gasteiger partial charge in [0.15, 0.2) is 0 Å². The van der Waals surface area contributed by atoms with Crippen LogP contribution >= 0.6 is 0 Å². The highest BCUT2D eigenvalue weighted by molar-refractivity contribution is 5.89. The lowest BCUT2D eigenvalue weighted by Gasteiger charge is -2.58. The van der Waals surface area contributed by atoms with E-state index < -0.39 is 0 Å². The summed E-state index contributed by atoms with van der Waals surface area (Å²) in [5.41, 5.74) is 2.98. The normalized spacial score (nSPS) is 38.7. The van der Waals surface area contributed by atoms with Crippen molar-refractivity contribution in [2.24, 2.45) is 46.3 Å². The van der Waals surface area contributed by atoms with Gasteiger partial charge < -0.3 is 9.84 Å². The maximum atomic E-state index is 12.7. The molecule has 0 amide bonds. The van der Waals surface area contributed by atoms with Gasteiger partial charge in [-0.05, 0) is 123 Å². The lowest BCUT2D eigenvalue weighted by atomic mass is 9.47. The van der Waals surface area contributed by atoms with E-state index in [9.17, 15) is 9.90 Å². The standard InChI is InChI=1S/C34H50O3/c1-22(2)31(37-32(36)24-9-7-6-8-10-24)16-11-23(3)28-14-15-29-27-13-12-25-21-26(35)17-19-33(25,4)30(27)18-20-34(28,29)5/h6-10,12,22-23,26-31,35H,11,13-21H2,1-5H3/t23-,26+,27+,28-,29+,30+,31?,33+,34-/m1/s1. The quantitative estimate of drug-likeness (QED) is 0.299. The molecule has 3 fully saturated rings. The Hall–Kier alpha value is -1.61. The van der Waals surface area contributed by atoms with Gasteiger partial charge in [0.1, 0.15) is 6.10 Å². The van der Waals surface area contributed by atoms with Crippen molar-refractivity contribution in [2.45, 2.75) is 111 Å². The molecule has 4 aliphatic rings. The number of allylic oxidation sites excluding steroid dienone is 1. The van der Waals surface area contributed by atoms with E-state index in [0.717, 1.165) is 49.4 Å². The zero-order valence-electron chi connectivity index (χ0n) is 23.9. The summed E-state index contributed by atoms with van der Waals surface area (Å²) in [6.45, 7) is 12.0. The molecule has 1 unspecified atom stereocenters. The number of hydrogen-bond acceptors (Lipinski definition) is 3. The van der Waals surface area contributed by atoms with Gasteiger partial charge in [-0.25, -0.2) is 4.79 Å². The Morgan fingerprint density at radius 2 is 1.76 bits per heavy atom. The van der Waals surface area contributed by atoms with Crippen LogP contribution in [-0.4, -0.2) is 23.3 Å². The number of carbonyl (C=O) groups is 1. The summed E-state index contributed by atoms with van der Waals surface area (Å²) in [6, 6.07) is 9.42. The highest BCUT2D eigenvalue weighted by Gasteiger charge is 2.59. The van der Waals surface area contributed by atoms with Gasteiger partial charge in [0.25, 0.3) is 0 Å². The summed E-state index contributed by atoms with van der Waals surface area (Å²) in [5, 5.41) is 10.3. The number of carbonyl (C=O) groups excluding carboxylic acids is 1. The minimum absolute atomic E-state index is 0.0283. The van der Waals surface area contributed by atoms with Crippen molar-refractivity contribution in [3.05, 3.63) is 47.5 Å². The SMILES string of the molecule is CC(C)C(CC[C@@H](C)[C@H]1CC[C@H]2[C@@H]3CC=C4C[C@@H](O)CC[C@]4(C)[C@H]3CC[C@]12C)OC(=O)c1ccccc1. The van der Waals surface area contributed by atoms with Gasteiger partial charge in [-0.1, -0.05) is 64.5 Å². The largest absolute Gasteiger partial charge is 0.459 e. The number of aliphatic hydroxyl groups excluding tert-OH is 1. The molecule has 4 aliphatic carbocycles. The molecule has 0 aromatic heterocycles. The summed E-state index contributed by atoms with van der Waals surface area (Å²) in [5.74, 6) is 4.00. The van der Waals surface area contributed by atoms with Gasteiger partial charge in [-0.2, -0.15) is 0 Å². The van der Waals surface area contributed by atoms with E-state index in [1.165, 1.54) is 38.5 Å². The fourth-order valence-electron chi connectivity index (χ4n) is 9.55. The van der Waals surface area contributed by atoms with E-state index in [0.29, 0.717) is 28.2 Å². The van der Waals surface area contributed by atoms with Gasteiger partial charge >= 0.3 is 5.97 Å². The van der Waals surface area contributed by atoms with Crippen molar-refractivity contribution in [2.75, 3.05) is 0 Å². The van der Waals surface area contributed by atoms with Crippen LogP contribution in [0.1, 0.15) is 109 Å². The monoisotopic (exact) mass is 506 g/mol. The van der Waals surface area contributed by atoms with Crippen LogP contribution in [0.2, 0.25) is 0 Å². The van der Waals surface area contributed by atoms with E-state index in [2.05, 4.69) is 40.7 Å². The number of aliphatic hydroxyl groups is 1. The van der Waals surface area contributed by atoms with E-state index in [4.69, 9.17) is 4.74 Å². The summed E-state index contributed by atoms with van der Waals surface area (Å²) in [4.78, 5) is 12.7. The molecule has 0 saturated heterocycles. The maximum Gasteiger partial charge on any atom is 0.338 e. The van der Waals surface area contributed by atoms with E-state index in [-0.39, 0.29) is 18.2 Å². The van der Waals surface area contributed by atoms with Crippen molar-refractivity contribution >= 4 is 5.97 Å². The first-order valence-electron chi connectivity index (χ1n) is 15.3. The highest BCUT2D eigenvalue weighted by atomic mass is 16.5. The molecule has 9 atom stereocenters. The molecule has 0 bridgehead atoms. The van der Waals surface area contributed by atoms with Crippen LogP contribution in [0.5, 0.6) is 0 Å². The van der Waals surface area contributed by atoms with Crippen molar-refractivity contribution in [1.29, 1.82) is 0 Å². The molecule has 0 spiro atoms. The average molecular weight is 507 g/mol. The smallest absolute Gasteiger partial charge is 0.338 e. The molecule has 1 N–H and O–H groups in total. The van der Waals surface area contributed by atoms with E-state index in [1.54, 1.807) is 5.57 Å². The third-order valence-corrected chi connectivity index (χ3v) is 11.8. The Bertz CT molecular complexity index is 982. The minimum Gasteiger partial charge on any atom is -0.459 e. The first kappa shape index (κ1) is 27.0. The third-order valence-electron chi connectivity index (χ3n) is 11.8. The van der Waals surface area contributed by atoms with Gasteiger partial charge in [0.05, 0.1) is 11.7 Å². The number of fused-ring (bicyclic) bond motifs is 5. The predicted octanol–water partition coefficient (Wildman–Crippen LogP) is 8.22. The number of rotatable bonds is 7. The molecule has 37 heavy (non-hydrogen) atoms. The molecule has 5 rings (SSSR count). The van der Waals surface area contributed by atoms with Crippen molar-refractivity contribution < 1.29 is 14.6 Å². The zero-order chi connectivity index (χ0) is 26.4. The van der Waals surface area contributed by atoms with E-state index >= 15 is 0 Å². The summed E-state index contributed by atoms with van der Waals surface area (Å²) in [6.07, 6.45) is 14.2. The number of hydrogen-bond donors (Lipinski definition) is 1. The molecular weight excluding hydrogens is 456 g/mol. The number of ether oxygens (including phenoxy) is 1.